The van der Waals surface area contributed by atoms with Crippen LogP contribution >= 0.6 is 11.8 Å². The number of thioether (sulfide) groups is 1. The molecule has 87 valence electrons. The topological polar surface area (TPSA) is 47.3 Å². The zero-order valence-corrected chi connectivity index (χ0v) is 10.6. The van der Waals surface area contributed by atoms with E-state index in [1.54, 1.807) is 17.0 Å². The molecule has 3 nitrogen and oxygen atoms in total. The molecule has 0 spiro atoms. The number of hydrogen-bond donors (Lipinski definition) is 2. The van der Waals surface area contributed by atoms with Gasteiger partial charge >= 0.3 is 107 Å². The Hall–Kier alpha value is -0.784. The van der Waals surface area contributed by atoms with Crippen molar-refractivity contribution in [1.29, 1.82) is 5.41 Å². The average Bonchev–Trinajstić information content (AvgIpc) is 2.58. The summed E-state index contributed by atoms with van der Waals surface area (Å²) in [5, 5.41) is 17.8. The zero-order chi connectivity index (χ0) is 11.7. The number of nitrogens with one attached hydrogen (secondary N) is 1. The first-order valence-corrected chi connectivity index (χ1v) is 6.46. The van der Waals surface area contributed by atoms with E-state index in [9.17, 15) is 5.11 Å². The molecule has 0 amide bonds. The first-order valence-electron chi connectivity index (χ1n) is 4.96. The molecule has 0 atom stereocenters. The molecule has 1 saturated heterocycles. The molecule has 1 aliphatic rings. The minimum absolute atomic E-state index is 0.220. The summed E-state index contributed by atoms with van der Waals surface area (Å²) in [5.41, 5.74) is 1.97. The SMILES string of the molecule is CCc1ccc(O)cc1N1C(=N)SC[C]1=[Co]. The molecule has 0 saturated carbocycles. The van der Waals surface area contributed by atoms with Gasteiger partial charge in [0.2, 0.25) is 0 Å². The summed E-state index contributed by atoms with van der Waals surface area (Å²) in [6.07, 6.45) is 0.865. The third kappa shape index (κ3) is 2.02. The van der Waals surface area contributed by atoms with Crippen LogP contribution in [0, 0.1) is 5.41 Å². The van der Waals surface area contributed by atoms with Gasteiger partial charge in [-0.2, -0.15) is 0 Å². The third-order valence-electron chi connectivity index (χ3n) is 2.45. The Morgan fingerprint density at radius 3 is 2.88 bits per heavy atom. The van der Waals surface area contributed by atoms with Crippen LogP contribution in [-0.4, -0.2) is 20.6 Å². The molecule has 0 aromatic heterocycles. The second-order valence-corrected chi connectivity index (χ2v) is 5.01. The van der Waals surface area contributed by atoms with Gasteiger partial charge in [0.25, 0.3) is 0 Å². The van der Waals surface area contributed by atoms with E-state index >= 15 is 0 Å². The van der Waals surface area contributed by atoms with Crippen molar-refractivity contribution in [2.75, 3.05) is 10.7 Å². The van der Waals surface area contributed by atoms with Crippen molar-refractivity contribution < 1.29 is 20.4 Å². The number of phenolic OH excluding ortho intramolecular Hbond substituents is 1. The molecular weight excluding hydrogens is 267 g/mol. The van der Waals surface area contributed by atoms with Crippen LogP contribution in [0.25, 0.3) is 0 Å². The number of aromatic hydroxyl groups is 1. The maximum absolute atomic E-state index is 9.53. The number of benzene rings is 1. The molecule has 2 N–H and O–H groups in total. The average molecular weight is 279 g/mol. The van der Waals surface area contributed by atoms with Gasteiger partial charge in [-0.3, -0.25) is 0 Å². The first kappa shape index (κ1) is 11.7. The number of aryl methyl sites for hydroxylation is 1. The molecule has 1 heterocycles. The molecule has 5 heteroatoms. The summed E-state index contributed by atoms with van der Waals surface area (Å²) in [5.74, 6) is 0.940. The second-order valence-electron chi connectivity index (χ2n) is 3.45. The molecule has 1 fully saturated rings. The summed E-state index contributed by atoms with van der Waals surface area (Å²) in [4.78, 5) is 1.78. The maximum atomic E-state index is 9.53. The number of rotatable bonds is 2. The Balaban J connectivity index is 2.49. The number of nitrogens with zero attached hydrogens (tertiary/aromatic N) is 1. The molecular formula is C11H12CoN2OS. The first-order chi connectivity index (χ1) is 7.63. The fourth-order valence-corrected chi connectivity index (χ4v) is 2.91. The van der Waals surface area contributed by atoms with E-state index in [0.717, 1.165) is 28.0 Å². The fraction of sp³-hybridized carbons (Fsp3) is 0.273. The van der Waals surface area contributed by atoms with Crippen LogP contribution in [0.5, 0.6) is 5.75 Å². The van der Waals surface area contributed by atoms with Gasteiger partial charge < -0.3 is 0 Å². The van der Waals surface area contributed by atoms with Crippen molar-refractivity contribution in [3.8, 4) is 5.75 Å². The van der Waals surface area contributed by atoms with Crippen LogP contribution in [0.4, 0.5) is 5.69 Å². The predicted octanol–water partition coefficient (Wildman–Crippen LogP) is 2.12. The van der Waals surface area contributed by atoms with Gasteiger partial charge in [-0.15, -0.1) is 0 Å². The molecule has 16 heavy (non-hydrogen) atoms. The van der Waals surface area contributed by atoms with E-state index in [0.29, 0.717) is 5.17 Å². The number of anilines is 1. The Bertz CT molecular complexity index is 445. The molecule has 0 radical (unpaired) electrons. The van der Waals surface area contributed by atoms with Crippen LogP contribution in [0.3, 0.4) is 0 Å². The van der Waals surface area contributed by atoms with Gasteiger partial charge in [0, 0.05) is 0 Å². The van der Waals surface area contributed by atoms with Crippen molar-refractivity contribution in [2.45, 2.75) is 13.3 Å². The standard InChI is InChI=1S/C11H12N2OS.Co/c1-2-8-3-4-9(14)7-10(8)13-5-6-15-11(13)12;/h3-4,7,12,14H,2,6H2,1H3;. The van der Waals surface area contributed by atoms with Gasteiger partial charge in [-0.25, -0.2) is 0 Å². The Morgan fingerprint density at radius 1 is 1.56 bits per heavy atom. The summed E-state index contributed by atoms with van der Waals surface area (Å²) >= 11 is 5.88. The van der Waals surface area contributed by atoms with E-state index < -0.39 is 0 Å². The van der Waals surface area contributed by atoms with Gasteiger partial charge in [0.05, 0.1) is 0 Å². The van der Waals surface area contributed by atoms with Crippen LogP contribution in [0.15, 0.2) is 18.2 Å². The second kappa shape index (κ2) is 4.61. The normalized spacial score (nSPS) is 16.0. The van der Waals surface area contributed by atoms with Crippen molar-refractivity contribution in [1.82, 2.24) is 0 Å². The number of hydrogen-bond acceptors (Lipinski definition) is 3. The summed E-state index contributed by atoms with van der Waals surface area (Å²) in [7, 11) is 0. The molecule has 1 aliphatic heterocycles. The third-order valence-corrected chi connectivity index (χ3v) is 3.96. The fourth-order valence-electron chi connectivity index (χ4n) is 1.65. The predicted molar refractivity (Wildman–Crippen MR) is 65.2 cm³/mol. The van der Waals surface area contributed by atoms with Gasteiger partial charge in [0.1, 0.15) is 0 Å². The van der Waals surface area contributed by atoms with Gasteiger partial charge in [0.15, 0.2) is 0 Å². The Kier molecular flexibility index (Phi) is 3.37. The van der Waals surface area contributed by atoms with Crippen molar-refractivity contribution >= 4 is 27.2 Å². The van der Waals surface area contributed by atoms with Crippen LogP contribution in [0.1, 0.15) is 12.5 Å². The van der Waals surface area contributed by atoms with Crippen LogP contribution in [0.2, 0.25) is 0 Å². The van der Waals surface area contributed by atoms with E-state index in [1.807, 2.05) is 6.07 Å². The molecule has 0 bridgehead atoms. The zero-order valence-electron chi connectivity index (χ0n) is 8.78. The summed E-state index contributed by atoms with van der Waals surface area (Å²) < 4.78 is 0.836. The van der Waals surface area contributed by atoms with Crippen LogP contribution < -0.4 is 4.90 Å². The minimum atomic E-state index is 0.220. The summed E-state index contributed by atoms with van der Waals surface area (Å²) in [6.45, 7) is 2.06. The molecule has 0 unspecified atom stereocenters. The monoisotopic (exact) mass is 279 g/mol. The summed E-state index contributed by atoms with van der Waals surface area (Å²) in [6, 6.07) is 5.25. The Morgan fingerprint density at radius 2 is 2.31 bits per heavy atom. The van der Waals surface area contributed by atoms with E-state index in [2.05, 4.69) is 22.2 Å². The van der Waals surface area contributed by atoms with Gasteiger partial charge in [-0.1, -0.05) is 0 Å². The van der Waals surface area contributed by atoms with E-state index in [1.165, 1.54) is 11.8 Å². The molecule has 1 aromatic carbocycles. The number of phenols is 1. The van der Waals surface area contributed by atoms with Crippen molar-refractivity contribution in [3.05, 3.63) is 23.8 Å². The van der Waals surface area contributed by atoms with Crippen molar-refractivity contribution in [3.63, 3.8) is 0 Å². The number of amidine groups is 1. The van der Waals surface area contributed by atoms with Gasteiger partial charge in [-0.05, 0) is 0 Å². The van der Waals surface area contributed by atoms with E-state index in [-0.39, 0.29) is 5.75 Å². The van der Waals surface area contributed by atoms with Crippen molar-refractivity contribution in [2.24, 2.45) is 0 Å². The molecule has 2 rings (SSSR count). The molecule has 1 aromatic rings. The molecule has 0 aliphatic carbocycles. The Labute approximate surface area is 106 Å². The van der Waals surface area contributed by atoms with E-state index in [4.69, 9.17) is 5.41 Å². The quantitative estimate of drug-likeness (QED) is 0.871. The van der Waals surface area contributed by atoms with Crippen LogP contribution in [-0.2, 0) is 21.7 Å².